The molecule has 0 amide bonds. The number of likely N-dealkylation sites (N-methyl/N-ethyl adjacent to an activating group) is 1. The van der Waals surface area contributed by atoms with Gasteiger partial charge in [0.1, 0.15) is 5.54 Å². The summed E-state index contributed by atoms with van der Waals surface area (Å²) >= 11 is 0. The zero-order chi connectivity index (χ0) is 13.9. The molecule has 1 atom stereocenters. The van der Waals surface area contributed by atoms with Crippen molar-refractivity contribution in [2.75, 3.05) is 26.2 Å². The minimum atomic E-state index is -0.782. The van der Waals surface area contributed by atoms with Crippen molar-refractivity contribution in [2.45, 2.75) is 51.5 Å². The van der Waals surface area contributed by atoms with Crippen molar-refractivity contribution in [3.63, 3.8) is 0 Å². The van der Waals surface area contributed by atoms with Crippen LogP contribution in [0.25, 0.3) is 0 Å². The average molecular weight is 268 g/mol. The Hall–Kier alpha value is -0.610. The van der Waals surface area contributed by atoms with Gasteiger partial charge in [-0.15, -0.1) is 0 Å². The fourth-order valence-electron chi connectivity index (χ4n) is 2.94. The van der Waals surface area contributed by atoms with Crippen LogP contribution >= 0.6 is 0 Å². The molecule has 0 aromatic rings. The van der Waals surface area contributed by atoms with Gasteiger partial charge in [-0.1, -0.05) is 13.3 Å². The molecule has 0 radical (unpaired) electrons. The summed E-state index contributed by atoms with van der Waals surface area (Å²) in [5.41, 5.74) is 5.65. The van der Waals surface area contributed by atoms with Gasteiger partial charge in [0, 0.05) is 13.1 Å². The zero-order valence-electron chi connectivity index (χ0n) is 12.4. The van der Waals surface area contributed by atoms with Gasteiger partial charge in [0.05, 0.1) is 6.61 Å². The van der Waals surface area contributed by atoms with Crippen molar-refractivity contribution in [3.05, 3.63) is 0 Å². The zero-order valence-corrected chi connectivity index (χ0v) is 12.4. The Morgan fingerprint density at radius 3 is 2.42 bits per heavy atom. The van der Waals surface area contributed by atoms with Crippen LogP contribution in [0.2, 0.25) is 0 Å². The number of esters is 1. The maximum Gasteiger partial charge on any atom is 0.327 e. The molecule has 2 saturated carbocycles. The molecule has 0 heterocycles. The molecule has 0 bridgehead atoms. The maximum atomic E-state index is 12.2. The third kappa shape index (κ3) is 3.48. The number of hydrogen-bond donors (Lipinski definition) is 1. The lowest BCUT2D eigenvalue weighted by Crippen LogP contribution is -2.59. The van der Waals surface area contributed by atoms with Crippen molar-refractivity contribution < 1.29 is 9.53 Å². The number of ether oxygens (including phenoxy) is 1. The smallest absolute Gasteiger partial charge is 0.327 e. The lowest BCUT2D eigenvalue weighted by Gasteiger charge is -2.37. The normalized spacial score (nSPS) is 22.9. The third-order valence-electron chi connectivity index (χ3n) is 4.63. The number of carbonyl (C=O) groups excluding carboxylic acids is 1. The van der Waals surface area contributed by atoms with E-state index in [2.05, 4.69) is 11.8 Å². The van der Waals surface area contributed by atoms with Gasteiger partial charge in [-0.05, 0) is 51.0 Å². The summed E-state index contributed by atoms with van der Waals surface area (Å²) in [6, 6.07) is 0. The average Bonchev–Trinajstić information content (AvgIpc) is 3.16. The molecule has 0 aromatic carbocycles. The molecule has 0 spiro atoms. The summed E-state index contributed by atoms with van der Waals surface area (Å²) in [6.45, 7) is 7.11. The van der Waals surface area contributed by atoms with Crippen LogP contribution < -0.4 is 5.73 Å². The molecule has 2 aliphatic rings. The lowest BCUT2D eigenvalue weighted by atomic mass is 9.84. The molecule has 2 fully saturated rings. The van der Waals surface area contributed by atoms with Crippen molar-refractivity contribution in [3.8, 4) is 0 Å². The molecular formula is C15H28N2O2. The number of carbonyl (C=O) groups is 1. The summed E-state index contributed by atoms with van der Waals surface area (Å²) in [7, 11) is 0. The van der Waals surface area contributed by atoms with Crippen LogP contribution in [0.4, 0.5) is 0 Å². The Balaban J connectivity index is 1.95. The quantitative estimate of drug-likeness (QED) is 0.682. The molecule has 0 aromatic heterocycles. The number of hydrogen-bond acceptors (Lipinski definition) is 4. The van der Waals surface area contributed by atoms with Gasteiger partial charge in [0.15, 0.2) is 0 Å². The second kappa shape index (κ2) is 6.23. The van der Waals surface area contributed by atoms with Gasteiger partial charge in [-0.2, -0.15) is 0 Å². The molecular weight excluding hydrogens is 240 g/mol. The van der Waals surface area contributed by atoms with Crippen LogP contribution in [0.15, 0.2) is 0 Å². The summed E-state index contributed by atoms with van der Waals surface area (Å²) in [5, 5.41) is 0. The standard InChI is InChI=1S/C15H28N2O2/c1-3-17(10-12-6-5-7-12)11-15(16,13-8-9-13)14(18)19-4-2/h12-13H,3-11,16H2,1-2H3. The monoisotopic (exact) mass is 268 g/mol. The van der Waals surface area contributed by atoms with Crippen molar-refractivity contribution >= 4 is 5.97 Å². The van der Waals surface area contributed by atoms with E-state index in [-0.39, 0.29) is 5.97 Å². The predicted octanol–water partition coefficient (Wildman–Crippen LogP) is 1.78. The van der Waals surface area contributed by atoms with Crippen LogP contribution in [0.3, 0.4) is 0 Å². The topological polar surface area (TPSA) is 55.6 Å². The van der Waals surface area contributed by atoms with Gasteiger partial charge in [0.25, 0.3) is 0 Å². The molecule has 4 heteroatoms. The highest BCUT2D eigenvalue weighted by Gasteiger charge is 2.50. The highest BCUT2D eigenvalue weighted by molar-refractivity contribution is 5.82. The van der Waals surface area contributed by atoms with Crippen LogP contribution in [0.1, 0.15) is 46.0 Å². The SMILES string of the molecule is CCOC(=O)C(N)(CN(CC)CC1CCC1)C1CC1. The van der Waals surface area contributed by atoms with E-state index in [1.807, 2.05) is 6.92 Å². The first-order valence-electron chi connectivity index (χ1n) is 7.78. The van der Waals surface area contributed by atoms with Crippen LogP contribution in [-0.4, -0.2) is 42.6 Å². The minimum Gasteiger partial charge on any atom is -0.465 e. The first kappa shape index (κ1) is 14.8. The largest absolute Gasteiger partial charge is 0.465 e. The molecule has 1 unspecified atom stereocenters. The predicted molar refractivity (Wildman–Crippen MR) is 75.7 cm³/mol. The van der Waals surface area contributed by atoms with Crippen molar-refractivity contribution in [2.24, 2.45) is 17.6 Å². The summed E-state index contributed by atoms with van der Waals surface area (Å²) < 4.78 is 5.21. The Kier molecular flexibility index (Phi) is 4.85. The minimum absolute atomic E-state index is 0.204. The maximum absolute atomic E-state index is 12.2. The Morgan fingerprint density at radius 2 is 2.00 bits per heavy atom. The first-order chi connectivity index (χ1) is 9.10. The molecule has 110 valence electrons. The summed E-state index contributed by atoms with van der Waals surface area (Å²) in [4.78, 5) is 14.5. The van der Waals surface area contributed by atoms with E-state index in [9.17, 15) is 4.79 Å². The summed E-state index contributed by atoms with van der Waals surface area (Å²) in [5.74, 6) is 0.928. The molecule has 2 rings (SSSR count). The molecule has 2 aliphatic carbocycles. The van der Waals surface area contributed by atoms with Crippen LogP contribution in [-0.2, 0) is 9.53 Å². The van der Waals surface area contributed by atoms with Gasteiger partial charge in [0.2, 0.25) is 0 Å². The van der Waals surface area contributed by atoms with E-state index in [4.69, 9.17) is 10.5 Å². The fourth-order valence-corrected chi connectivity index (χ4v) is 2.94. The summed E-state index contributed by atoms with van der Waals surface area (Å²) in [6.07, 6.45) is 6.15. The molecule has 2 N–H and O–H groups in total. The van der Waals surface area contributed by atoms with E-state index in [1.54, 1.807) is 0 Å². The molecule has 4 nitrogen and oxygen atoms in total. The molecule has 0 aliphatic heterocycles. The molecule has 19 heavy (non-hydrogen) atoms. The molecule has 0 saturated heterocycles. The van der Waals surface area contributed by atoms with Crippen LogP contribution in [0, 0.1) is 11.8 Å². The highest BCUT2D eigenvalue weighted by atomic mass is 16.5. The van der Waals surface area contributed by atoms with Gasteiger partial charge >= 0.3 is 5.97 Å². The van der Waals surface area contributed by atoms with E-state index >= 15 is 0 Å². The van der Waals surface area contributed by atoms with Gasteiger partial charge in [-0.25, -0.2) is 4.79 Å². The highest BCUT2D eigenvalue weighted by Crippen LogP contribution is 2.40. The first-order valence-corrected chi connectivity index (χ1v) is 7.78. The second-order valence-electron chi connectivity index (χ2n) is 6.16. The van der Waals surface area contributed by atoms with Crippen LogP contribution in [0.5, 0.6) is 0 Å². The Morgan fingerprint density at radius 1 is 1.32 bits per heavy atom. The van der Waals surface area contributed by atoms with Gasteiger partial charge in [-0.3, -0.25) is 0 Å². The van der Waals surface area contributed by atoms with Crippen molar-refractivity contribution in [1.82, 2.24) is 4.90 Å². The number of rotatable bonds is 8. The number of nitrogens with two attached hydrogens (primary N) is 1. The van der Waals surface area contributed by atoms with E-state index in [0.29, 0.717) is 19.1 Å². The van der Waals surface area contributed by atoms with E-state index in [0.717, 1.165) is 31.8 Å². The van der Waals surface area contributed by atoms with Crippen molar-refractivity contribution in [1.29, 1.82) is 0 Å². The lowest BCUT2D eigenvalue weighted by molar-refractivity contribution is -0.151. The Labute approximate surface area is 116 Å². The third-order valence-corrected chi connectivity index (χ3v) is 4.63. The van der Waals surface area contributed by atoms with E-state index in [1.165, 1.54) is 19.3 Å². The Bertz CT molecular complexity index is 313. The number of nitrogens with zero attached hydrogens (tertiary/aromatic N) is 1. The van der Waals surface area contributed by atoms with E-state index < -0.39 is 5.54 Å². The second-order valence-corrected chi connectivity index (χ2v) is 6.16. The fraction of sp³-hybridized carbons (Fsp3) is 0.933. The van der Waals surface area contributed by atoms with Gasteiger partial charge < -0.3 is 15.4 Å².